The van der Waals surface area contributed by atoms with Gasteiger partial charge in [-0.3, -0.25) is 4.98 Å². The Labute approximate surface area is 103 Å². The molecule has 2 heterocycles. The minimum Gasteiger partial charge on any atom is -0.481 e. The smallest absolute Gasteiger partial charge is 0.213 e. The zero-order valence-electron chi connectivity index (χ0n) is 8.85. The van der Waals surface area contributed by atoms with E-state index in [-0.39, 0.29) is 0 Å². The second-order valence-corrected chi connectivity index (χ2v) is 3.81. The van der Waals surface area contributed by atoms with Crippen LogP contribution in [0.3, 0.4) is 0 Å². The van der Waals surface area contributed by atoms with Crippen molar-refractivity contribution in [2.45, 2.75) is 5.33 Å². The highest BCUT2D eigenvalue weighted by Gasteiger charge is 2.06. The maximum Gasteiger partial charge on any atom is 0.213 e. The first-order valence-electron chi connectivity index (χ1n) is 4.84. The SMILES string of the molecule is COc1cc(CBr)c(-c2ccncc2)cn1. The van der Waals surface area contributed by atoms with Crippen LogP contribution in [0, 0.1) is 0 Å². The van der Waals surface area contributed by atoms with Crippen molar-refractivity contribution < 1.29 is 4.74 Å². The lowest BCUT2D eigenvalue weighted by atomic mass is 10.0. The second-order valence-electron chi connectivity index (χ2n) is 3.25. The summed E-state index contributed by atoms with van der Waals surface area (Å²) in [6.45, 7) is 0. The molecule has 0 aromatic carbocycles. The number of hydrogen-bond acceptors (Lipinski definition) is 3. The molecule has 2 aromatic rings. The quantitative estimate of drug-likeness (QED) is 0.810. The molecule has 82 valence electrons. The zero-order chi connectivity index (χ0) is 11.4. The molecular weight excluding hydrogens is 268 g/mol. The summed E-state index contributed by atoms with van der Waals surface area (Å²) in [7, 11) is 1.62. The Morgan fingerprint density at radius 2 is 2.06 bits per heavy atom. The molecule has 2 aromatic heterocycles. The van der Waals surface area contributed by atoms with Crippen LogP contribution in [0.4, 0.5) is 0 Å². The minimum absolute atomic E-state index is 0.632. The third-order valence-electron chi connectivity index (χ3n) is 2.31. The summed E-state index contributed by atoms with van der Waals surface area (Å²) in [5, 5.41) is 0.767. The molecular formula is C12H11BrN2O. The van der Waals surface area contributed by atoms with Crippen LogP contribution in [-0.4, -0.2) is 17.1 Å². The summed E-state index contributed by atoms with van der Waals surface area (Å²) in [6, 6.07) is 5.87. The maximum absolute atomic E-state index is 5.10. The van der Waals surface area contributed by atoms with Crippen molar-refractivity contribution in [1.29, 1.82) is 0 Å². The van der Waals surface area contributed by atoms with Crippen LogP contribution in [-0.2, 0) is 5.33 Å². The number of nitrogens with zero attached hydrogens (tertiary/aromatic N) is 2. The highest BCUT2D eigenvalue weighted by molar-refractivity contribution is 9.08. The van der Waals surface area contributed by atoms with Gasteiger partial charge >= 0.3 is 0 Å². The first-order valence-corrected chi connectivity index (χ1v) is 5.96. The number of rotatable bonds is 3. The average Bonchev–Trinajstić information content (AvgIpc) is 2.39. The van der Waals surface area contributed by atoms with Gasteiger partial charge in [0.15, 0.2) is 0 Å². The largest absolute Gasteiger partial charge is 0.481 e. The van der Waals surface area contributed by atoms with E-state index in [9.17, 15) is 0 Å². The normalized spacial score (nSPS) is 10.1. The monoisotopic (exact) mass is 278 g/mol. The summed E-state index contributed by atoms with van der Waals surface area (Å²) < 4.78 is 5.10. The van der Waals surface area contributed by atoms with Gasteiger partial charge in [0.1, 0.15) is 0 Å². The summed E-state index contributed by atoms with van der Waals surface area (Å²) in [5.74, 6) is 0.632. The number of pyridine rings is 2. The van der Waals surface area contributed by atoms with Crippen LogP contribution in [0.2, 0.25) is 0 Å². The van der Waals surface area contributed by atoms with Crippen LogP contribution in [0.5, 0.6) is 5.88 Å². The Bertz CT molecular complexity index is 474. The van der Waals surface area contributed by atoms with Crippen molar-refractivity contribution in [3.8, 4) is 17.0 Å². The molecule has 2 rings (SSSR count). The molecule has 0 amide bonds. The van der Waals surface area contributed by atoms with Gasteiger partial charge in [0, 0.05) is 35.6 Å². The fraction of sp³-hybridized carbons (Fsp3) is 0.167. The molecule has 3 nitrogen and oxygen atoms in total. The van der Waals surface area contributed by atoms with E-state index in [1.54, 1.807) is 19.5 Å². The number of methoxy groups -OCH3 is 1. The van der Waals surface area contributed by atoms with Crippen molar-refractivity contribution >= 4 is 15.9 Å². The molecule has 0 aliphatic rings. The van der Waals surface area contributed by atoms with E-state index in [0.717, 1.165) is 22.0 Å². The highest BCUT2D eigenvalue weighted by atomic mass is 79.9. The third-order valence-corrected chi connectivity index (χ3v) is 2.91. The first-order chi connectivity index (χ1) is 7.85. The fourth-order valence-corrected chi connectivity index (χ4v) is 1.95. The standard InChI is InChI=1S/C12H11BrN2O/c1-16-12-6-10(7-13)11(8-15-12)9-2-4-14-5-3-9/h2-6,8H,7H2,1H3. The molecule has 0 aliphatic carbocycles. The molecule has 4 heteroatoms. The van der Waals surface area contributed by atoms with Crippen LogP contribution in [0.15, 0.2) is 36.8 Å². The number of alkyl halides is 1. The third kappa shape index (κ3) is 2.22. The lowest BCUT2D eigenvalue weighted by Crippen LogP contribution is -1.92. The molecule has 0 saturated carbocycles. The highest BCUT2D eigenvalue weighted by Crippen LogP contribution is 2.26. The van der Waals surface area contributed by atoms with Crippen LogP contribution >= 0.6 is 15.9 Å². The van der Waals surface area contributed by atoms with E-state index in [2.05, 4.69) is 25.9 Å². The van der Waals surface area contributed by atoms with E-state index in [1.165, 1.54) is 0 Å². The van der Waals surface area contributed by atoms with Crippen LogP contribution < -0.4 is 4.74 Å². The predicted molar refractivity (Wildman–Crippen MR) is 66.7 cm³/mol. The minimum atomic E-state index is 0.632. The lowest BCUT2D eigenvalue weighted by molar-refractivity contribution is 0.397. The van der Waals surface area contributed by atoms with E-state index in [0.29, 0.717) is 5.88 Å². The summed E-state index contributed by atoms with van der Waals surface area (Å²) in [4.78, 5) is 8.22. The Hall–Kier alpha value is -1.42. The van der Waals surface area contributed by atoms with Gasteiger partial charge in [0.25, 0.3) is 0 Å². The van der Waals surface area contributed by atoms with Gasteiger partial charge in [0.05, 0.1) is 7.11 Å². The maximum atomic E-state index is 5.10. The van der Waals surface area contributed by atoms with Gasteiger partial charge in [-0.25, -0.2) is 4.98 Å². The van der Waals surface area contributed by atoms with Gasteiger partial charge in [-0.15, -0.1) is 0 Å². The second kappa shape index (κ2) is 5.07. The van der Waals surface area contributed by atoms with E-state index < -0.39 is 0 Å². The van der Waals surface area contributed by atoms with E-state index in [1.807, 2.05) is 24.4 Å². The van der Waals surface area contributed by atoms with Crippen molar-refractivity contribution in [2.24, 2.45) is 0 Å². The van der Waals surface area contributed by atoms with E-state index in [4.69, 9.17) is 4.74 Å². The molecule has 0 atom stereocenters. The molecule has 0 radical (unpaired) electrons. The van der Waals surface area contributed by atoms with Crippen LogP contribution in [0.25, 0.3) is 11.1 Å². The predicted octanol–water partition coefficient (Wildman–Crippen LogP) is 3.05. The molecule has 0 N–H and O–H groups in total. The van der Waals surface area contributed by atoms with Crippen molar-refractivity contribution in [1.82, 2.24) is 9.97 Å². The lowest BCUT2D eigenvalue weighted by Gasteiger charge is -2.08. The number of ether oxygens (including phenoxy) is 1. The summed E-state index contributed by atoms with van der Waals surface area (Å²) in [5.41, 5.74) is 3.36. The van der Waals surface area contributed by atoms with Crippen molar-refractivity contribution in [3.05, 3.63) is 42.4 Å². The number of halogens is 1. The average molecular weight is 279 g/mol. The van der Waals surface area contributed by atoms with Gasteiger partial charge in [-0.1, -0.05) is 15.9 Å². The Morgan fingerprint density at radius 3 is 2.69 bits per heavy atom. The Morgan fingerprint density at radius 1 is 1.31 bits per heavy atom. The summed E-state index contributed by atoms with van der Waals surface area (Å²) >= 11 is 3.47. The van der Waals surface area contributed by atoms with Gasteiger partial charge in [0.2, 0.25) is 5.88 Å². The van der Waals surface area contributed by atoms with Gasteiger partial charge in [-0.2, -0.15) is 0 Å². The first kappa shape index (κ1) is 11.1. The molecule has 0 aliphatic heterocycles. The zero-order valence-corrected chi connectivity index (χ0v) is 10.4. The molecule has 0 unspecified atom stereocenters. The van der Waals surface area contributed by atoms with Crippen molar-refractivity contribution in [2.75, 3.05) is 7.11 Å². The number of hydrogen-bond donors (Lipinski definition) is 0. The van der Waals surface area contributed by atoms with E-state index >= 15 is 0 Å². The van der Waals surface area contributed by atoms with Gasteiger partial charge in [-0.05, 0) is 23.3 Å². The molecule has 0 bridgehead atoms. The van der Waals surface area contributed by atoms with Gasteiger partial charge < -0.3 is 4.74 Å². The van der Waals surface area contributed by atoms with Crippen molar-refractivity contribution in [3.63, 3.8) is 0 Å². The number of aromatic nitrogens is 2. The Balaban J connectivity index is 2.49. The molecule has 0 spiro atoms. The van der Waals surface area contributed by atoms with Crippen LogP contribution in [0.1, 0.15) is 5.56 Å². The summed E-state index contributed by atoms with van der Waals surface area (Å²) in [6.07, 6.45) is 5.37. The fourth-order valence-electron chi connectivity index (χ4n) is 1.49. The topological polar surface area (TPSA) is 35.0 Å². The molecule has 16 heavy (non-hydrogen) atoms. The molecule has 0 fully saturated rings. The molecule has 0 saturated heterocycles. The Kier molecular flexibility index (Phi) is 3.51.